The van der Waals surface area contributed by atoms with Crippen molar-refractivity contribution in [2.24, 2.45) is 11.8 Å². The molecule has 2 unspecified atom stereocenters. The molecule has 2 amide bonds. The topological polar surface area (TPSA) is 89.9 Å². The summed E-state index contributed by atoms with van der Waals surface area (Å²) in [7, 11) is 0. The Morgan fingerprint density at radius 3 is 2.58 bits per heavy atom. The van der Waals surface area contributed by atoms with Crippen LogP contribution in [0.1, 0.15) is 32.6 Å². The molecule has 2 rings (SSSR count). The molecule has 1 heterocycles. The molecule has 0 spiro atoms. The van der Waals surface area contributed by atoms with E-state index in [9.17, 15) is 14.7 Å². The number of nitrogens with zero attached hydrogens (tertiary/aromatic N) is 1. The number of hydrogen-bond acceptors (Lipinski definition) is 3. The molecule has 0 radical (unpaired) electrons. The van der Waals surface area contributed by atoms with E-state index in [0.29, 0.717) is 25.9 Å². The summed E-state index contributed by atoms with van der Waals surface area (Å²) in [4.78, 5) is 24.6. The predicted octanol–water partition coefficient (Wildman–Crippen LogP) is 0.652. The standard InChI is InChI=1S/C13H22N2O4/c1-8(16)10-4-5-15(7-10)13(19)14-11-3-2-9(6-11)12(17)18/h8-11,16H,2-7H2,1H3,(H,14,19)(H,17,18)/t8?,9-,10?,11+/m1/s1. The molecule has 3 N–H and O–H groups in total. The van der Waals surface area contributed by atoms with Crippen molar-refractivity contribution in [2.75, 3.05) is 13.1 Å². The summed E-state index contributed by atoms with van der Waals surface area (Å²) in [5.74, 6) is -0.942. The molecule has 0 bridgehead atoms. The minimum Gasteiger partial charge on any atom is -0.481 e. The van der Waals surface area contributed by atoms with Crippen molar-refractivity contribution < 1.29 is 19.8 Å². The highest BCUT2D eigenvalue weighted by molar-refractivity contribution is 5.75. The zero-order valence-corrected chi connectivity index (χ0v) is 11.2. The Bertz CT molecular complexity index is 359. The van der Waals surface area contributed by atoms with E-state index in [4.69, 9.17) is 5.11 Å². The molecule has 2 aliphatic rings. The molecule has 0 aromatic heterocycles. The zero-order chi connectivity index (χ0) is 14.0. The van der Waals surface area contributed by atoms with E-state index in [0.717, 1.165) is 12.8 Å². The van der Waals surface area contributed by atoms with E-state index in [2.05, 4.69) is 5.32 Å². The summed E-state index contributed by atoms with van der Waals surface area (Å²) in [5, 5.41) is 21.3. The van der Waals surface area contributed by atoms with Gasteiger partial charge in [0.15, 0.2) is 0 Å². The average Bonchev–Trinajstić information content (AvgIpc) is 2.96. The lowest BCUT2D eigenvalue weighted by atomic mass is 10.0. The van der Waals surface area contributed by atoms with Crippen molar-refractivity contribution in [3.8, 4) is 0 Å². The molecule has 0 aromatic rings. The van der Waals surface area contributed by atoms with Gasteiger partial charge in [0.05, 0.1) is 12.0 Å². The monoisotopic (exact) mass is 270 g/mol. The van der Waals surface area contributed by atoms with Crippen LogP contribution in [-0.4, -0.2) is 52.3 Å². The number of carboxylic acid groups (broad SMARTS) is 1. The van der Waals surface area contributed by atoms with E-state index in [1.165, 1.54) is 0 Å². The molecule has 6 nitrogen and oxygen atoms in total. The Labute approximate surface area is 112 Å². The summed E-state index contributed by atoms with van der Waals surface area (Å²) in [5.41, 5.74) is 0. The first kappa shape index (κ1) is 14.1. The Hall–Kier alpha value is -1.30. The maximum Gasteiger partial charge on any atom is 0.317 e. The minimum atomic E-state index is -0.771. The molecule has 6 heteroatoms. The summed E-state index contributed by atoms with van der Waals surface area (Å²) in [6.45, 7) is 3.00. The van der Waals surface area contributed by atoms with Gasteiger partial charge in [-0.2, -0.15) is 0 Å². The fourth-order valence-corrected chi connectivity index (χ4v) is 2.97. The van der Waals surface area contributed by atoms with E-state index < -0.39 is 5.97 Å². The van der Waals surface area contributed by atoms with Crippen molar-refractivity contribution in [1.29, 1.82) is 0 Å². The third kappa shape index (κ3) is 3.37. The van der Waals surface area contributed by atoms with Crippen LogP contribution in [0.15, 0.2) is 0 Å². The molecule has 2 fully saturated rings. The maximum absolute atomic E-state index is 12.0. The number of hydrogen-bond donors (Lipinski definition) is 3. The quantitative estimate of drug-likeness (QED) is 0.702. The third-order valence-electron chi connectivity index (χ3n) is 4.30. The van der Waals surface area contributed by atoms with E-state index in [-0.39, 0.29) is 30.0 Å². The Morgan fingerprint density at radius 2 is 2.05 bits per heavy atom. The number of carboxylic acids is 1. The number of aliphatic hydroxyl groups is 1. The molecular formula is C13H22N2O4. The summed E-state index contributed by atoms with van der Waals surface area (Å²) in [6, 6.07) is -0.154. The lowest BCUT2D eigenvalue weighted by Gasteiger charge is -2.21. The van der Waals surface area contributed by atoms with Crippen molar-refractivity contribution in [1.82, 2.24) is 10.2 Å². The molecule has 1 saturated carbocycles. The first-order valence-electron chi connectivity index (χ1n) is 6.93. The largest absolute Gasteiger partial charge is 0.481 e. The van der Waals surface area contributed by atoms with Gasteiger partial charge in [0.25, 0.3) is 0 Å². The molecule has 108 valence electrons. The minimum absolute atomic E-state index is 0.0285. The van der Waals surface area contributed by atoms with Gasteiger partial charge in [-0.1, -0.05) is 0 Å². The van der Waals surface area contributed by atoms with Crippen LogP contribution in [0.3, 0.4) is 0 Å². The van der Waals surface area contributed by atoms with Gasteiger partial charge >= 0.3 is 12.0 Å². The van der Waals surface area contributed by atoms with Gasteiger partial charge in [-0.25, -0.2) is 4.79 Å². The van der Waals surface area contributed by atoms with Gasteiger partial charge < -0.3 is 20.4 Å². The van der Waals surface area contributed by atoms with E-state index in [1.54, 1.807) is 11.8 Å². The Morgan fingerprint density at radius 1 is 1.32 bits per heavy atom. The second kappa shape index (κ2) is 5.77. The zero-order valence-electron chi connectivity index (χ0n) is 11.2. The van der Waals surface area contributed by atoms with E-state index in [1.807, 2.05) is 0 Å². The molecule has 1 aliphatic heterocycles. The summed E-state index contributed by atoms with van der Waals surface area (Å²) >= 11 is 0. The van der Waals surface area contributed by atoms with Crippen molar-refractivity contribution in [3.05, 3.63) is 0 Å². The first-order chi connectivity index (χ1) is 8.97. The highest BCUT2D eigenvalue weighted by Gasteiger charge is 2.33. The van der Waals surface area contributed by atoms with Crippen LogP contribution >= 0.6 is 0 Å². The normalized spacial score (nSPS) is 32.3. The fourth-order valence-electron chi connectivity index (χ4n) is 2.97. The molecule has 0 aromatic carbocycles. The molecule has 19 heavy (non-hydrogen) atoms. The summed E-state index contributed by atoms with van der Waals surface area (Å²) in [6.07, 6.45) is 2.33. The molecule has 1 saturated heterocycles. The highest BCUT2D eigenvalue weighted by Crippen LogP contribution is 2.26. The average molecular weight is 270 g/mol. The van der Waals surface area contributed by atoms with Crippen LogP contribution in [0.4, 0.5) is 4.79 Å². The number of amides is 2. The van der Waals surface area contributed by atoms with Gasteiger partial charge in [-0.15, -0.1) is 0 Å². The van der Waals surface area contributed by atoms with Gasteiger partial charge in [-0.3, -0.25) is 4.79 Å². The SMILES string of the molecule is CC(O)C1CCN(C(=O)N[C@H]2CC[C@@H](C(=O)O)C2)C1. The fraction of sp³-hybridized carbons (Fsp3) is 0.846. The molecule has 4 atom stereocenters. The van der Waals surface area contributed by atoms with Crippen LogP contribution in [0.5, 0.6) is 0 Å². The van der Waals surface area contributed by atoms with Crippen LogP contribution < -0.4 is 5.32 Å². The second-order valence-electron chi connectivity index (χ2n) is 5.73. The highest BCUT2D eigenvalue weighted by atomic mass is 16.4. The van der Waals surface area contributed by atoms with Crippen molar-refractivity contribution >= 4 is 12.0 Å². The molecule has 1 aliphatic carbocycles. The third-order valence-corrected chi connectivity index (χ3v) is 4.30. The van der Waals surface area contributed by atoms with Gasteiger partial charge in [0, 0.05) is 25.0 Å². The number of rotatable bonds is 3. The van der Waals surface area contributed by atoms with Gasteiger partial charge in [0.1, 0.15) is 0 Å². The number of carbonyl (C=O) groups excluding carboxylic acids is 1. The van der Waals surface area contributed by atoms with Crippen molar-refractivity contribution in [2.45, 2.75) is 44.8 Å². The predicted molar refractivity (Wildman–Crippen MR) is 68.7 cm³/mol. The van der Waals surface area contributed by atoms with Crippen LogP contribution in [0.2, 0.25) is 0 Å². The van der Waals surface area contributed by atoms with Crippen molar-refractivity contribution in [3.63, 3.8) is 0 Å². The van der Waals surface area contributed by atoms with Crippen LogP contribution in [0.25, 0.3) is 0 Å². The smallest absolute Gasteiger partial charge is 0.317 e. The second-order valence-corrected chi connectivity index (χ2v) is 5.73. The number of nitrogens with one attached hydrogen (secondary N) is 1. The maximum atomic E-state index is 12.0. The number of aliphatic carboxylic acids is 1. The lowest BCUT2D eigenvalue weighted by molar-refractivity contribution is -0.141. The number of carbonyl (C=O) groups is 2. The number of urea groups is 1. The van der Waals surface area contributed by atoms with Gasteiger partial charge in [0.2, 0.25) is 0 Å². The lowest BCUT2D eigenvalue weighted by Crippen LogP contribution is -2.43. The van der Waals surface area contributed by atoms with Crippen LogP contribution in [0, 0.1) is 11.8 Å². The number of likely N-dealkylation sites (tertiary alicyclic amines) is 1. The summed E-state index contributed by atoms with van der Waals surface area (Å²) < 4.78 is 0. The van der Waals surface area contributed by atoms with E-state index >= 15 is 0 Å². The molecular weight excluding hydrogens is 248 g/mol. The van der Waals surface area contributed by atoms with Gasteiger partial charge in [-0.05, 0) is 32.6 Å². The van der Waals surface area contributed by atoms with Crippen LogP contribution in [-0.2, 0) is 4.79 Å². The first-order valence-corrected chi connectivity index (χ1v) is 6.93. The Balaban J connectivity index is 1.78. The Kier molecular flexibility index (Phi) is 4.29. The number of aliphatic hydroxyl groups excluding tert-OH is 1.